The smallest absolute Gasteiger partial charge is 0.409 e. The maximum absolute atomic E-state index is 11.7. The summed E-state index contributed by atoms with van der Waals surface area (Å²) in [6.45, 7) is 4.54. The van der Waals surface area contributed by atoms with Gasteiger partial charge in [0.25, 0.3) is 0 Å². The molecule has 1 aliphatic heterocycles. The van der Waals surface area contributed by atoms with Crippen LogP contribution < -0.4 is 11.1 Å². The van der Waals surface area contributed by atoms with Crippen molar-refractivity contribution >= 4 is 36.0 Å². The Hall–Kier alpha value is -0.730. The number of likely N-dealkylation sites (tertiary alicyclic amines) is 1. The fraction of sp³-hybridized carbons (Fsp3) is 0.889. The molecular formula is C18H33IN4O2. The maximum Gasteiger partial charge on any atom is 0.409 e. The van der Waals surface area contributed by atoms with E-state index in [9.17, 15) is 4.79 Å². The van der Waals surface area contributed by atoms with E-state index in [1.54, 1.807) is 4.90 Å². The predicted octanol–water partition coefficient (Wildman–Crippen LogP) is 2.96. The van der Waals surface area contributed by atoms with Crippen LogP contribution in [0.5, 0.6) is 0 Å². The Morgan fingerprint density at radius 1 is 1.24 bits per heavy atom. The lowest BCUT2D eigenvalue weighted by atomic mass is 9.86. The number of ether oxygens (including phenoxy) is 1. The van der Waals surface area contributed by atoms with E-state index in [0.717, 1.165) is 50.2 Å². The molecule has 1 heterocycles. The van der Waals surface area contributed by atoms with Crippen LogP contribution in [0.2, 0.25) is 0 Å². The van der Waals surface area contributed by atoms with Crippen LogP contribution in [-0.4, -0.2) is 49.2 Å². The van der Waals surface area contributed by atoms with Crippen LogP contribution in [-0.2, 0) is 4.74 Å². The zero-order valence-electron chi connectivity index (χ0n) is 15.3. The minimum absolute atomic E-state index is 0. The number of hydrogen-bond donors (Lipinski definition) is 2. The molecule has 25 heavy (non-hydrogen) atoms. The van der Waals surface area contributed by atoms with Gasteiger partial charge in [-0.3, -0.25) is 4.99 Å². The van der Waals surface area contributed by atoms with Gasteiger partial charge in [-0.1, -0.05) is 6.42 Å². The number of nitrogens with zero attached hydrogens (tertiary/aromatic N) is 2. The average molecular weight is 464 g/mol. The van der Waals surface area contributed by atoms with E-state index >= 15 is 0 Å². The second kappa shape index (κ2) is 9.83. The van der Waals surface area contributed by atoms with Crippen molar-refractivity contribution in [3.8, 4) is 0 Å². The van der Waals surface area contributed by atoms with Gasteiger partial charge in [0.05, 0.1) is 6.61 Å². The van der Waals surface area contributed by atoms with Gasteiger partial charge in [-0.25, -0.2) is 4.79 Å². The molecule has 0 spiro atoms. The Balaban J connectivity index is 0.00000225. The van der Waals surface area contributed by atoms with Gasteiger partial charge in [0.2, 0.25) is 0 Å². The van der Waals surface area contributed by atoms with E-state index in [1.165, 1.54) is 32.1 Å². The number of nitrogens with one attached hydrogen (secondary N) is 1. The summed E-state index contributed by atoms with van der Waals surface area (Å²) in [6, 6.07) is 0.307. The zero-order chi connectivity index (χ0) is 16.9. The Bertz CT molecular complexity index is 466. The summed E-state index contributed by atoms with van der Waals surface area (Å²) >= 11 is 0. The lowest BCUT2D eigenvalue weighted by Crippen LogP contribution is -2.48. The molecule has 0 radical (unpaired) electrons. The predicted molar refractivity (Wildman–Crippen MR) is 110 cm³/mol. The molecular weight excluding hydrogens is 431 g/mol. The number of carbonyl (C=O) groups excluding carboxylic acids is 1. The number of halogens is 1. The summed E-state index contributed by atoms with van der Waals surface area (Å²) in [4.78, 5) is 18.0. The highest BCUT2D eigenvalue weighted by Crippen LogP contribution is 2.49. The van der Waals surface area contributed by atoms with Crippen LogP contribution in [0.3, 0.4) is 0 Å². The Morgan fingerprint density at radius 3 is 2.60 bits per heavy atom. The quantitative estimate of drug-likeness (QED) is 0.373. The Kier molecular flexibility index (Phi) is 8.09. The van der Waals surface area contributed by atoms with Gasteiger partial charge in [-0.15, -0.1) is 24.0 Å². The molecule has 2 aliphatic carbocycles. The van der Waals surface area contributed by atoms with Crippen molar-refractivity contribution in [2.24, 2.45) is 28.5 Å². The molecule has 3 N–H and O–H groups in total. The first-order valence-corrected chi connectivity index (χ1v) is 9.63. The molecule has 7 heteroatoms. The summed E-state index contributed by atoms with van der Waals surface area (Å²) < 4.78 is 5.04. The number of guanidine groups is 1. The normalized spacial score (nSPS) is 29.4. The molecule has 3 unspecified atom stereocenters. The van der Waals surface area contributed by atoms with Crippen molar-refractivity contribution in [1.29, 1.82) is 0 Å². The third kappa shape index (κ3) is 5.62. The number of piperidine rings is 1. The van der Waals surface area contributed by atoms with Gasteiger partial charge in [0.15, 0.2) is 5.96 Å². The first kappa shape index (κ1) is 20.6. The number of fused-ring (bicyclic) bond motifs is 2. The van der Waals surface area contributed by atoms with E-state index in [2.05, 4.69) is 10.3 Å². The molecule has 0 aromatic carbocycles. The summed E-state index contributed by atoms with van der Waals surface area (Å²) in [5.74, 6) is 3.41. The summed E-state index contributed by atoms with van der Waals surface area (Å²) in [5.41, 5.74) is 6.04. The van der Waals surface area contributed by atoms with Crippen LogP contribution in [0.15, 0.2) is 4.99 Å². The summed E-state index contributed by atoms with van der Waals surface area (Å²) in [5, 5.41) is 3.32. The number of rotatable bonds is 5. The molecule has 0 aromatic rings. The van der Waals surface area contributed by atoms with Crippen LogP contribution in [0.1, 0.15) is 51.9 Å². The minimum atomic E-state index is -0.205. The molecule has 0 aromatic heterocycles. The Morgan fingerprint density at radius 2 is 2.00 bits per heavy atom. The number of nitrogens with two attached hydrogens (primary N) is 1. The van der Waals surface area contributed by atoms with E-state index in [-0.39, 0.29) is 30.1 Å². The highest BCUT2D eigenvalue weighted by Gasteiger charge is 2.38. The maximum atomic E-state index is 11.7. The monoisotopic (exact) mass is 464 g/mol. The van der Waals surface area contributed by atoms with E-state index in [0.29, 0.717) is 18.6 Å². The van der Waals surface area contributed by atoms with Crippen molar-refractivity contribution in [2.75, 3.05) is 26.2 Å². The molecule has 3 fully saturated rings. The van der Waals surface area contributed by atoms with Crippen molar-refractivity contribution in [1.82, 2.24) is 10.2 Å². The topological polar surface area (TPSA) is 80.0 Å². The lowest BCUT2D eigenvalue weighted by Gasteiger charge is -2.31. The van der Waals surface area contributed by atoms with Gasteiger partial charge >= 0.3 is 6.09 Å². The molecule has 3 aliphatic rings. The van der Waals surface area contributed by atoms with E-state index < -0.39 is 0 Å². The standard InChI is InChI=1S/C18H32N4O2.HI/c1-2-24-18(23)22-9-6-16(7-10-22)21-17(19)20-8-5-15-12-13-3-4-14(15)11-13;/h13-16H,2-12H2,1H3,(H3,19,20,21);1H. The molecule has 1 amide bonds. The molecule has 1 saturated heterocycles. The molecule has 6 nitrogen and oxygen atoms in total. The largest absolute Gasteiger partial charge is 0.450 e. The van der Waals surface area contributed by atoms with Gasteiger partial charge in [0, 0.05) is 25.7 Å². The highest BCUT2D eigenvalue weighted by molar-refractivity contribution is 14.0. The number of carbonyl (C=O) groups is 1. The third-order valence-corrected chi connectivity index (χ3v) is 6.04. The minimum Gasteiger partial charge on any atom is -0.450 e. The van der Waals surface area contributed by atoms with Gasteiger partial charge in [0.1, 0.15) is 0 Å². The SMILES string of the molecule is CCOC(=O)N1CCC(NC(N)=NCCC2CC3CCC2C3)CC1.I. The van der Waals surface area contributed by atoms with Crippen LogP contribution in [0.25, 0.3) is 0 Å². The van der Waals surface area contributed by atoms with Crippen LogP contribution >= 0.6 is 24.0 Å². The summed E-state index contributed by atoms with van der Waals surface area (Å²) in [7, 11) is 0. The number of amides is 1. The van der Waals surface area contributed by atoms with Crippen LogP contribution in [0.4, 0.5) is 4.79 Å². The van der Waals surface area contributed by atoms with Crippen molar-refractivity contribution in [3.05, 3.63) is 0 Å². The zero-order valence-corrected chi connectivity index (χ0v) is 17.6. The molecule has 144 valence electrons. The first-order valence-electron chi connectivity index (χ1n) is 9.63. The van der Waals surface area contributed by atoms with Crippen molar-refractivity contribution in [3.63, 3.8) is 0 Å². The highest BCUT2D eigenvalue weighted by atomic mass is 127. The lowest BCUT2D eigenvalue weighted by molar-refractivity contribution is 0.0963. The van der Waals surface area contributed by atoms with Gasteiger partial charge in [-0.2, -0.15) is 0 Å². The fourth-order valence-corrected chi connectivity index (χ4v) is 4.76. The fourth-order valence-electron chi connectivity index (χ4n) is 4.76. The molecule has 3 atom stereocenters. The Labute approximate surface area is 168 Å². The first-order chi connectivity index (χ1) is 11.7. The molecule has 3 rings (SSSR count). The molecule has 2 saturated carbocycles. The third-order valence-electron chi connectivity index (χ3n) is 6.04. The second-order valence-corrected chi connectivity index (χ2v) is 7.60. The van der Waals surface area contributed by atoms with Crippen molar-refractivity contribution in [2.45, 2.75) is 57.9 Å². The number of aliphatic imine (C=N–C) groups is 1. The number of hydrogen-bond acceptors (Lipinski definition) is 3. The molecule has 2 bridgehead atoms. The van der Waals surface area contributed by atoms with Crippen molar-refractivity contribution < 1.29 is 9.53 Å². The van der Waals surface area contributed by atoms with Gasteiger partial charge in [-0.05, 0) is 63.2 Å². The van der Waals surface area contributed by atoms with E-state index in [1.807, 2.05) is 6.92 Å². The van der Waals surface area contributed by atoms with E-state index in [4.69, 9.17) is 10.5 Å². The second-order valence-electron chi connectivity index (χ2n) is 7.60. The van der Waals surface area contributed by atoms with Gasteiger partial charge < -0.3 is 20.7 Å². The summed E-state index contributed by atoms with van der Waals surface area (Å²) in [6.07, 6.45) is 8.53. The van der Waals surface area contributed by atoms with Crippen LogP contribution in [0, 0.1) is 17.8 Å². The average Bonchev–Trinajstić information content (AvgIpc) is 3.18.